The summed E-state index contributed by atoms with van der Waals surface area (Å²) in [6, 6.07) is 13.3. The van der Waals surface area contributed by atoms with E-state index in [1.165, 1.54) is 5.01 Å². The topological polar surface area (TPSA) is 41.9 Å². The second kappa shape index (κ2) is 7.76. The van der Waals surface area contributed by atoms with Gasteiger partial charge in [0.15, 0.2) is 0 Å². The van der Waals surface area contributed by atoms with E-state index in [0.29, 0.717) is 17.0 Å². The lowest BCUT2D eigenvalue weighted by Gasteiger charge is -2.15. The average molecular weight is 478 g/mol. The van der Waals surface area contributed by atoms with Gasteiger partial charge in [-0.05, 0) is 67.0 Å². The van der Waals surface area contributed by atoms with E-state index in [4.69, 9.17) is 4.74 Å². The maximum absolute atomic E-state index is 12.9. The van der Waals surface area contributed by atoms with Gasteiger partial charge in [-0.2, -0.15) is 10.1 Å². The normalized spacial score (nSPS) is 15.8. The molecule has 0 atom stereocenters. The average Bonchev–Trinajstić information content (AvgIpc) is 2.86. The zero-order chi connectivity index (χ0) is 18.8. The number of carbonyl (C=O) groups is 1. The Kier molecular flexibility index (Phi) is 5.63. The lowest BCUT2D eigenvalue weighted by Crippen LogP contribution is -2.21. The van der Waals surface area contributed by atoms with Crippen molar-refractivity contribution in [3.63, 3.8) is 0 Å². The number of para-hydroxylation sites is 1. The Morgan fingerprint density at radius 2 is 1.85 bits per heavy atom. The third kappa shape index (κ3) is 3.91. The highest BCUT2D eigenvalue weighted by Crippen LogP contribution is 2.36. The lowest BCUT2D eigenvalue weighted by molar-refractivity contribution is -0.114. The Balaban J connectivity index is 2.03. The van der Waals surface area contributed by atoms with Crippen molar-refractivity contribution in [2.75, 3.05) is 5.01 Å². The summed E-state index contributed by atoms with van der Waals surface area (Å²) in [6.45, 7) is 5.77. The van der Waals surface area contributed by atoms with Crippen LogP contribution in [0, 0.1) is 0 Å². The molecule has 1 amide bonds. The molecule has 2 aromatic rings. The molecule has 0 radical (unpaired) electrons. The van der Waals surface area contributed by atoms with Crippen molar-refractivity contribution in [3.8, 4) is 5.75 Å². The summed E-state index contributed by atoms with van der Waals surface area (Å²) in [6.07, 6.45) is 1.84. The quantitative estimate of drug-likeness (QED) is 0.521. The van der Waals surface area contributed by atoms with Crippen molar-refractivity contribution >= 4 is 55.2 Å². The van der Waals surface area contributed by atoms with E-state index in [0.717, 1.165) is 20.2 Å². The molecule has 0 aliphatic carbocycles. The van der Waals surface area contributed by atoms with Gasteiger partial charge in [-0.15, -0.1) is 0 Å². The van der Waals surface area contributed by atoms with Crippen LogP contribution in [0.1, 0.15) is 26.3 Å². The van der Waals surface area contributed by atoms with Gasteiger partial charge >= 0.3 is 0 Å². The Bertz CT molecular complexity index is 906. The minimum absolute atomic E-state index is 0.0134. The number of amides is 1. The van der Waals surface area contributed by atoms with Crippen LogP contribution in [0.5, 0.6) is 5.75 Å². The van der Waals surface area contributed by atoms with E-state index < -0.39 is 0 Å². The molecule has 0 unspecified atom stereocenters. The molecule has 1 aliphatic heterocycles. The maximum atomic E-state index is 12.9. The standard InChI is InChI=1S/C20H18Br2N2O2/c1-12(2)26-19-14(9-15(21)11-18(19)22)10-17-13(3)23-24(20(17)25)16-7-5-4-6-8-16/h4-12H,1-3H3/b17-10-. The van der Waals surface area contributed by atoms with E-state index in [1.54, 1.807) is 0 Å². The first kappa shape index (κ1) is 18.9. The van der Waals surface area contributed by atoms with Crippen molar-refractivity contribution in [1.82, 2.24) is 0 Å². The highest BCUT2D eigenvalue weighted by molar-refractivity contribution is 9.11. The number of hydrogen-bond donors (Lipinski definition) is 0. The summed E-state index contributed by atoms with van der Waals surface area (Å²) in [5, 5.41) is 5.85. The van der Waals surface area contributed by atoms with Gasteiger partial charge in [-0.1, -0.05) is 34.1 Å². The van der Waals surface area contributed by atoms with Crippen LogP contribution in [-0.2, 0) is 4.79 Å². The van der Waals surface area contributed by atoms with Crippen LogP contribution in [-0.4, -0.2) is 17.7 Å². The van der Waals surface area contributed by atoms with E-state index >= 15 is 0 Å². The number of rotatable bonds is 4. The molecule has 2 aromatic carbocycles. The van der Waals surface area contributed by atoms with Gasteiger partial charge in [-0.3, -0.25) is 4.79 Å². The third-order valence-corrected chi connectivity index (χ3v) is 4.80. The van der Waals surface area contributed by atoms with Crippen molar-refractivity contribution in [2.45, 2.75) is 26.9 Å². The van der Waals surface area contributed by atoms with E-state index in [-0.39, 0.29) is 12.0 Å². The lowest BCUT2D eigenvalue weighted by atomic mass is 10.1. The van der Waals surface area contributed by atoms with Crippen molar-refractivity contribution in [2.24, 2.45) is 5.10 Å². The maximum Gasteiger partial charge on any atom is 0.280 e. The molecule has 4 nitrogen and oxygen atoms in total. The molecule has 26 heavy (non-hydrogen) atoms. The van der Waals surface area contributed by atoms with Gasteiger partial charge in [0.05, 0.1) is 27.5 Å². The zero-order valence-electron chi connectivity index (χ0n) is 14.7. The summed E-state index contributed by atoms with van der Waals surface area (Å²) in [5.74, 6) is 0.551. The number of anilines is 1. The van der Waals surface area contributed by atoms with Gasteiger partial charge in [-0.25, -0.2) is 0 Å². The van der Waals surface area contributed by atoms with E-state index in [9.17, 15) is 4.79 Å². The highest BCUT2D eigenvalue weighted by atomic mass is 79.9. The third-order valence-electron chi connectivity index (χ3n) is 3.75. The van der Waals surface area contributed by atoms with Gasteiger partial charge in [0.1, 0.15) is 5.75 Å². The van der Waals surface area contributed by atoms with Crippen molar-refractivity contribution in [1.29, 1.82) is 0 Å². The molecule has 0 saturated carbocycles. The number of nitrogens with zero attached hydrogens (tertiary/aromatic N) is 2. The van der Waals surface area contributed by atoms with Crippen molar-refractivity contribution in [3.05, 3.63) is 62.5 Å². The number of halogens is 2. The molecule has 0 aromatic heterocycles. The molecule has 6 heteroatoms. The molecule has 1 heterocycles. The summed E-state index contributed by atoms with van der Waals surface area (Å²) in [7, 11) is 0. The second-order valence-corrected chi connectivity index (χ2v) is 7.94. The number of hydrazone groups is 1. The summed E-state index contributed by atoms with van der Waals surface area (Å²) in [4.78, 5) is 12.9. The predicted octanol–water partition coefficient (Wildman–Crippen LogP) is 5.80. The first-order valence-electron chi connectivity index (χ1n) is 8.19. The number of benzene rings is 2. The summed E-state index contributed by atoms with van der Waals surface area (Å²) >= 11 is 7.05. The molecular weight excluding hydrogens is 460 g/mol. The van der Waals surface area contributed by atoms with E-state index in [1.807, 2.05) is 69.3 Å². The molecule has 0 N–H and O–H groups in total. The first-order valence-corrected chi connectivity index (χ1v) is 9.78. The number of hydrogen-bond acceptors (Lipinski definition) is 3. The Hall–Kier alpha value is -1.92. The Morgan fingerprint density at radius 3 is 2.50 bits per heavy atom. The minimum Gasteiger partial charge on any atom is -0.489 e. The van der Waals surface area contributed by atoms with Crippen LogP contribution in [0.3, 0.4) is 0 Å². The summed E-state index contributed by atoms with van der Waals surface area (Å²) in [5.41, 5.74) is 2.78. The Morgan fingerprint density at radius 1 is 1.15 bits per heavy atom. The Labute approximate surface area is 169 Å². The molecule has 0 bridgehead atoms. The first-order chi connectivity index (χ1) is 12.4. The fourth-order valence-electron chi connectivity index (χ4n) is 2.63. The zero-order valence-corrected chi connectivity index (χ0v) is 17.8. The van der Waals surface area contributed by atoms with Crippen LogP contribution >= 0.6 is 31.9 Å². The van der Waals surface area contributed by atoms with Crippen molar-refractivity contribution < 1.29 is 9.53 Å². The van der Waals surface area contributed by atoms with Gasteiger partial charge in [0, 0.05) is 10.0 Å². The minimum atomic E-state index is -0.153. The number of ether oxygens (including phenoxy) is 1. The van der Waals surface area contributed by atoms with Gasteiger partial charge in [0.25, 0.3) is 5.91 Å². The predicted molar refractivity (Wildman–Crippen MR) is 113 cm³/mol. The molecular formula is C20H18Br2N2O2. The van der Waals surface area contributed by atoms with Crippen LogP contribution in [0.4, 0.5) is 5.69 Å². The molecule has 134 valence electrons. The van der Waals surface area contributed by atoms with Crippen LogP contribution in [0.15, 0.2) is 62.1 Å². The monoisotopic (exact) mass is 476 g/mol. The molecule has 0 spiro atoms. The smallest absolute Gasteiger partial charge is 0.280 e. The fraction of sp³-hybridized carbons (Fsp3) is 0.200. The molecule has 0 fully saturated rings. The molecule has 1 aliphatic rings. The summed E-state index contributed by atoms with van der Waals surface area (Å²) < 4.78 is 7.67. The van der Waals surface area contributed by atoms with Gasteiger partial charge in [0.2, 0.25) is 0 Å². The molecule has 3 rings (SSSR count). The number of carbonyl (C=O) groups excluding carboxylic acids is 1. The van der Waals surface area contributed by atoms with Crippen LogP contribution < -0.4 is 9.75 Å². The molecule has 0 saturated heterocycles. The second-order valence-electron chi connectivity index (χ2n) is 6.17. The fourth-order valence-corrected chi connectivity index (χ4v) is 3.98. The van der Waals surface area contributed by atoms with Crippen LogP contribution in [0.2, 0.25) is 0 Å². The van der Waals surface area contributed by atoms with Crippen LogP contribution in [0.25, 0.3) is 6.08 Å². The van der Waals surface area contributed by atoms with Gasteiger partial charge < -0.3 is 4.74 Å². The largest absolute Gasteiger partial charge is 0.489 e. The highest BCUT2D eigenvalue weighted by Gasteiger charge is 2.29. The SMILES string of the molecule is CC1=NN(c2ccccc2)C(=O)/C1=C\c1cc(Br)cc(Br)c1OC(C)C. The van der Waals surface area contributed by atoms with E-state index in [2.05, 4.69) is 37.0 Å².